The fourth-order valence-corrected chi connectivity index (χ4v) is 1.98. The number of aliphatic imine (C=N–C) groups is 1. The van der Waals surface area contributed by atoms with Crippen molar-refractivity contribution >= 4 is 11.9 Å². The average molecular weight is 289 g/mol. The number of carbonyl (C=O) groups excluding carboxylic acids is 1. The first-order valence-electron chi connectivity index (χ1n) is 7.28. The molecule has 0 spiro atoms. The van der Waals surface area contributed by atoms with Gasteiger partial charge in [0, 0.05) is 19.6 Å². The van der Waals surface area contributed by atoms with Crippen LogP contribution in [0.1, 0.15) is 43.1 Å². The summed E-state index contributed by atoms with van der Waals surface area (Å²) >= 11 is 0. The van der Waals surface area contributed by atoms with Crippen molar-refractivity contribution in [1.82, 2.24) is 10.6 Å². The summed E-state index contributed by atoms with van der Waals surface area (Å²) in [6.45, 7) is 8.02. The highest BCUT2D eigenvalue weighted by Gasteiger charge is 2.17. The fourth-order valence-electron chi connectivity index (χ4n) is 1.98. The largest absolute Gasteiger partial charge is 0.456 e. The van der Waals surface area contributed by atoms with Crippen LogP contribution >= 0.6 is 0 Å². The molecule has 0 aliphatic carbocycles. The lowest BCUT2D eigenvalue weighted by molar-refractivity contribution is 0.00694. The minimum absolute atomic E-state index is 0.294. The van der Waals surface area contributed by atoms with E-state index in [-0.39, 0.29) is 5.97 Å². The third-order valence-electron chi connectivity index (χ3n) is 2.92. The van der Waals surface area contributed by atoms with Crippen molar-refractivity contribution in [2.24, 2.45) is 4.99 Å². The smallest absolute Gasteiger partial charge is 0.338 e. The average Bonchev–Trinajstić information content (AvgIpc) is 2.45. The van der Waals surface area contributed by atoms with Crippen molar-refractivity contribution in [3.8, 4) is 0 Å². The van der Waals surface area contributed by atoms with Crippen LogP contribution in [-0.2, 0) is 11.3 Å². The number of benzene rings is 1. The second-order valence-electron chi connectivity index (χ2n) is 6.07. The summed E-state index contributed by atoms with van der Waals surface area (Å²) in [6, 6.07) is 7.47. The minimum Gasteiger partial charge on any atom is -0.456 e. The van der Waals surface area contributed by atoms with Crippen molar-refractivity contribution < 1.29 is 9.53 Å². The molecule has 1 aromatic rings. The molecule has 2 rings (SSSR count). The van der Waals surface area contributed by atoms with E-state index < -0.39 is 5.60 Å². The normalized spacial score (nSPS) is 14.9. The Balaban J connectivity index is 1.97. The number of esters is 1. The van der Waals surface area contributed by atoms with E-state index in [2.05, 4.69) is 15.6 Å². The molecule has 5 heteroatoms. The zero-order valence-electron chi connectivity index (χ0n) is 12.9. The SMILES string of the molecule is CC(C)(C)OC(=O)c1cccc(CNC2=NCCCN2)c1. The fraction of sp³-hybridized carbons (Fsp3) is 0.500. The van der Waals surface area contributed by atoms with Gasteiger partial charge in [-0.05, 0) is 44.9 Å². The van der Waals surface area contributed by atoms with Crippen LogP contribution < -0.4 is 10.6 Å². The molecule has 1 aromatic carbocycles. The Morgan fingerprint density at radius 1 is 1.43 bits per heavy atom. The van der Waals surface area contributed by atoms with E-state index in [0.717, 1.165) is 31.0 Å². The summed E-state index contributed by atoms with van der Waals surface area (Å²) in [7, 11) is 0. The first-order chi connectivity index (χ1) is 9.94. The number of nitrogens with zero attached hydrogens (tertiary/aromatic N) is 1. The minimum atomic E-state index is -0.480. The molecule has 114 valence electrons. The number of nitrogens with one attached hydrogen (secondary N) is 2. The Morgan fingerprint density at radius 2 is 2.24 bits per heavy atom. The van der Waals surface area contributed by atoms with Crippen LogP contribution in [0.25, 0.3) is 0 Å². The van der Waals surface area contributed by atoms with E-state index >= 15 is 0 Å². The summed E-state index contributed by atoms with van der Waals surface area (Å²) in [4.78, 5) is 16.4. The molecule has 2 N–H and O–H groups in total. The first-order valence-corrected chi connectivity index (χ1v) is 7.28. The number of guanidine groups is 1. The van der Waals surface area contributed by atoms with Crippen LogP contribution in [0.2, 0.25) is 0 Å². The third-order valence-corrected chi connectivity index (χ3v) is 2.92. The quantitative estimate of drug-likeness (QED) is 0.836. The van der Waals surface area contributed by atoms with Gasteiger partial charge in [0.15, 0.2) is 5.96 Å². The highest BCUT2D eigenvalue weighted by molar-refractivity contribution is 5.90. The van der Waals surface area contributed by atoms with E-state index in [1.54, 1.807) is 6.07 Å². The van der Waals surface area contributed by atoms with Gasteiger partial charge in [-0.3, -0.25) is 4.99 Å². The van der Waals surface area contributed by atoms with Crippen molar-refractivity contribution in [2.45, 2.75) is 39.3 Å². The van der Waals surface area contributed by atoms with Gasteiger partial charge in [-0.1, -0.05) is 12.1 Å². The molecule has 1 aliphatic rings. The molecule has 5 nitrogen and oxygen atoms in total. The maximum Gasteiger partial charge on any atom is 0.338 e. The van der Waals surface area contributed by atoms with E-state index in [4.69, 9.17) is 4.74 Å². The molecule has 21 heavy (non-hydrogen) atoms. The van der Waals surface area contributed by atoms with Crippen molar-refractivity contribution in [3.05, 3.63) is 35.4 Å². The molecule has 1 aliphatic heterocycles. The van der Waals surface area contributed by atoms with Crippen molar-refractivity contribution in [3.63, 3.8) is 0 Å². The Bertz CT molecular complexity index is 533. The molecule has 0 fully saturated rings. The van der Waals surface area contributed by atoms with Crippen molar-refractivity contribution in [1.29, 1.82) is 0 Å². The van der Waals surface area contributed by atoms with Gasteiger partial charge in [0.1, 0.15) is 5.60 Å². The Morgan fingerprint density at radius 3 is 2.90 bits per heavy atom. The molecule has 0 atom stereocenters. The van der Waals surface area contributed by atoms with Crippen LogP contribution in [0.3, 0.4) is 0 Å². The van der Waals surface area contributed by atoms with E-state index in [0.29, 0.717) is 12.1 Å². The molecule has 1 heterocycles. The van der Waals surface area contributed by atoms with Gasteiger partial charge in [-0.15, -0.1) is 0 Å². The zero-order chi connectivity index (χ0) is 15.3. The molecule has 0 saturated carbocycles. The summed E-state index contributed by atoms with van der Waals surface area (Å²) < 4.78 is 5.38. The maximum atomic E-state index is 12.0. The lowest BCUT2D eigenvalue weighted by Crippen LogP contribution is -2.40. The van der Waals surface area contributed by atoms with Crippen LogP contribution in [-0.4, -0.2) is 30.6 Å². The summed E-state index contributed by atoms with van der Waals surface area (Å²) in [5.74, 6) is 0.529. The van der Waals surface area contributed by atoms with Crippen LogP contribution in [0.5, 0.6) is 0 Å². The summed E-state index contributed by atoms with van der Waals surface area (Å²) in [5, 5.41) is 6.44. The number of ether oxygens (including phenoxy) is 1. The maximum absolute atomic E-state index is 12.0. The molecule has 0 saturated heterocycles. The highest BCUT2D eigenvalue weighted by atomic mass is 16.6. The van der Waals surface area contributed by atoms with E-state index in [1.165, 1.54) is 0 Å². The van der Waals surface area contributed by atoms with E-state index in [1.807, 2.05) is 39.0 Å². The number of rotatable bonds is 3. The summed E-state index contributed by atoms with van der Waals surface area (Å²) in [5.41, 5.74) is 1.11. The number of hydrogen-bond acceptors (Lipinski definition) is 5. The molecule has 0 bridgehead atoms. The monoisotopic (exact) mass is 289 g/mol. The Hall–Kier alpha value is -2.04. The predicted octanol–water partition coefficient (Wildman–Crippen LogP) is 2.08. The van der Waals surface area contributed by atoms with Crippen molar-refractivity contribution in [2.75, 3.05) is 13.1 Å². The molecule has 0 amide bonds. The molecular formula is C16H23N3O2. The Kier molecular flexibility index (Phi) is 4.83. The van der Waals surface area contributed by atoms with Crippen LogP contribution in [0.15, 0.2) is 29.3 Å². The van der Waals surface area contributed by atoms with Gasteiger partial charge in [0.05, 0.1) is 5.56 Å². The van der Waals surface area contributed by atoms with Gasteiger partial charge >= 0.3 is 5.97 Å². The molecule has 0 unspecified atom stereocenters. The predicted molar refractivity (Wildman–Crippen MR) is 83.4 cm³/mol. The topological polar surface area (TPSA) is 62.7 Å². The zero-order valence-corrected chi connectivity index (χ0v) is 12.9. The van der Waals surface area contributed by atoms with Gasteiger partial charge in [0.2, 0.25) is 0 Å². The van der Waals surface area contributed by atoms with Gasteiger partial charge in [0.25, 0.3) is 0 Å². The van der Waals surface area contributed by atoms with Gasteiger partial charge < -0.3 is 15.4 Å². The summed E-state index contributed by atoms with van der Waals surface area (Å²) in [6.07, 6.45) is 1.07. The second kappa shape index (κ2) is 6.61. The van der Waals surface area contributed by atoms with Crippen LogP contribution in [0.4, 0.5) is 0 Å². The lowest BCUT2D eigenvalue weighted by atomic mass is 10.1. The third kappa shape index (κ3) is 5.10. The molecular weight excluding hydrogens is 266 g/mol. The first kappa shape index (κ1) is 15.4. The van der Waals surface area contributed by atoms with Gasteiger partial charge in [-0.2, -0.15) is 0 Å². The molecule has 0 radical (unpaired) electrons. The standard InChI is InChI=1S/C16H23N3O2/c1-16(2,3)21-14(20)13-7-4-6-12(10-13)11-19-15-17-8-5-9-18-15/h4,6-7,10H,5,8-9,11H2,1-3H3,(H2,17,18,19). The lowest BCUT2D eigenvalue weighted by Gasteiger charge is -2.20. The van der Waals surface area contributed by atoms with Gasteiger partial charge in [-0.25, -0.2) is 4.79 Å². The Labute approximate surface area is 125 Å². The highest BCUT2D eigenvalue weighted by Crippen LogP contribution is 2.13. The number of hydrogen-bond donors (Lipinski definition) is 2. The molecule has 0 aromatic heterocycles. The van der Waals surface area contributed by atoms with Crippen LogP contribution in [0, 0.1) is 0 Å². The second-order valence-corrected chi connectivity index (χ2v) is 6.07. The van der Waals surface area contributed by atoms with E-state index in [9.17, 15) is 4.79 Å². The number of carbonyl (C=O) groups is 1.